The monoisotopic (exact) mass is 396 g/mol. The fraction of sp³-hybridized carbons (Fsp3) is 0.150. The lowest BCUT2D eigenvalue weighted by Gasteiger charge is -2.08. The Labute approximate surface area is 162 Å². The van der Waals surface area contributed by atoms with Crippen LogP contribution in [0.15, 0.2) is 57.5 Å². The average Bonchev–Trinajstić information content (AvgIpc) is 3.29. The fourth-order valence-corrected chi connectivity index (χ4v) is 6.19. The quantitative estimate of drug-likeness (QED) is 0.602. The molecule has 0 spiro atoms. The first-order valence-corrected chi connectivity index (χ1v) is 11.0. The van der Waals surface area contributed by atoms with Gasteiger partial charge in [-0.05, 0) is 46.9 Å². The number of nitrogen functional groups attached to an aromatic ring is 1. The number of hydrogen-bond donors (Lipinski definition) is 1. The topological polar surface area (TPSA) is 56.0 Å². The van der Waals surface area contributed by atoms with Gasteiger partial charge in [-0.3, -0.25) is 4.21 Å². The van der Waals surface area contributed by atoms with Crippen molar-refractivity contribution in [3.63, 3.8) is 0 Å². The van der Waals surface area contributed by atoms with Gasteiger partial charge in [-0.15, -0.1) is 22.7 Å². The first-order valence-electron chi connectivity index (χ1n) is 8.12. The summed E-state index contributed by atoms with van der Waals surface area (Å²) in [6.45, 7) is 3.88. The fourth-order valence-electron chi connectivity index (χ4n) is 2.76. The van der Waals surface area contributed by atoms with Gasteiger partial charge in [-0.1, -0.05) is 31.4 Å². The molecule has 2 N–H and O–H groups in total. The van der Waals surface area contributed by atoms with Crippen LogP contribution in [-0.4, -0.2) is 14.4 Å². The van der Waals surface area contributed by atoms with Gasteiger partial charge in [-0.25, -0.2) is 4.98 Å². The molecule has 6 heteroatoms. The molecule has 0 fully saturated rings. The molecule has 0 bridgehead atoms. The Morgan fingerprint density at radius 2 is 2.15 bits per heavy atom. The van der Waals surface area contributed by atoms with Crippen LogP contribution in [0.4, 0.5) is 5.69 Å². The van der Waals surface area contributed by atoms with E-state index in [1.165, 1.54) is 11.3 Å². The number of pyridine rings is 1. The molecule has 0 amide bonds. The normalized spacial score (nSPS) is 14.3. The van der Waals surface area contributed by atoms with Crippen LogP contribution in [0.2, 0.25) is 0 Å². The number of nitrogens with two attached hydrogens (primary N) is 1. The predicted octanol–water partition coefficient (Wildman–Crippen LogP) is 5.39. The zero-order chi connectivity index (χ0) is 18.3. The summed E-state index contributed by atoms with van der Waals surface area (Å²) in [6.07, 6.45) is 5.71. The maximum atomic E-state index is 12.7. The van der Waals surface area contributed by atoms with Gasteiger partial charge in [0, 0.05) is 10.6 Å². The number of thiophene rings is 2. The lowest BCUT2D eigenvalue weighted by molar-refractivity contribution is 0.678. The number of rotatable bonds is 4. The zero-order valence-corrected chi connectivity index (χ0v) is 16.7. The standard InChI is InChI=1S/C20H16N2OS3/c1-12(2)26(23)20-18(21)17-14(13-7-4-3-5-8-13)11-15(22-19(17)25-20)16-9-6-10-24-16/h4,6-12H,21H2,1-2H3. The van der Waals surface area contributed by atoms with Crippen LogP contribution in [-0.2, 0) is 10.8 Å². The van der Waals surface area contributed by atoms with Crippen LogP contribution >= 0.6 is 22.7 Å². The zero-order valence-electron chi connectivity index (χ0n) is 14.3. The Morgan fingerprint density at radius 3 is 2.81 bits per heavy atom. The molecule has 26 heavy (non-hydrogen) atoms. The van der Waals surface area contributed by atoms with E-state index in [2.05, 4.69) is 23.6 Å². The summed E-state index contributed by atoms with van der Waals surface area (Å²) in [5.41, 5.74) is 15.8. The summed E-state index contributed by atoms with van der Waals surface area (Å²) in [5.74, 6) is 0. The van der Waals surface area contributed by atoms with Crippen molar-refractivity contribution in [1.29, 1.82) is 0 Å². The SMILES string of the molecule is CC(C)S(=O)c1sc2nc(-c3cccs3)cc(C3=CC=C=C=C3)c2c1N. The van der Waals surface area contributed by atoms with E-state index in [1.807, 2.05) is 43.5 Å². The molecule has 130 valence electrons. The molecule has 0 saturated carbocycles. The van der Waals surface area contributed by atoms with Crippen molar-refractivity contribution in [2.75, 3.05) is 5.73 Å². The summed E-state index contributed by atoms with van der Waals surface area (Å²) in [6, 6.07) is 6.12. The van der Waals surface area contributed by atoms with Gasteiger partial charge >= 0.3 is 0 Å². The molecule has 3 heterocycles. The van der Waals surface area contributed by atoms with Crippen LogP contribution in [0, 0.1) is 0 Å². The van der Waals surface area contributed by atoms with E-state index in [-0.39, 0.29) is 5.25 Å². The molecule has 3 aromatic rings. The van der Waals surface area contributed by atoms with Crippen LogP contribution in [0.1, 0.15) is 19.4 Å². The highest BCUT2D eigenvalue weighted by Crippen LogP contribution is 2.42. The largest absolute Gasteiger partial charge is 0.396 e. The van der Waals surface area contributed by atoms with E-state index in [9.17, 15) is 4.21 Å². The van der Waals surface area contributed by atoms with Gasteiger partial charge < -0.3 is 5.73 Å². The van der Waals surface area contributed by atoms with Gasteiger partial charge in [0.2, 0.25) is 0 Å². The molecule has 4 rings (SSSR count). The third-order valence-corrected chi connectivity index (χ3v) is 7.99. The highest BCUT2D eigenvalue weighted by molar-refractivity contribution is 7.88. The molecular formula is C20H16N2OS3. The van der Waals surface area contributed by atoms with E-state index in [1.54, 1.807) is 11.3 Å². The molecule has 0 saturated heterocycles. The molecule has 3 aromatic heterocycles. The Balaban J connectivity index is 2.02. The highest BCUT2D eigenvalue weighted by Gasteiger charge is 2.22. The first-order chi connectivity index (χ1) is 12.6. The molecule has 1 aliphatic rings. The van der Waals surface area contributed by atoms with Crippen molar-refractivity contribution in [2.45, 2.75) is 23.3 Å². The third kappa shape index (κ3) is 2.92. The maximum Gasteiger partial charge on any atom is 0.127 e. The minimum Gasteiger partial charge on any atom is -0.396 e. The van der Waals surface area contributed by atoms with Gasteiger partial charge in [0.1, 0.15) is 9.04 Å². The molecule has 0 radical (unpaired) electrons. The van der Waals surface area contributed by atoms with E-state index < -0.39 is 10.8 Å². The van der Waals surface area contributed by atoms with Crippen LogP contribution in [0.3, 0.4) is 0 Å². The lowest BCUT2D eigenvalue weighted by atomic mass is 10.00. The molecular weight excluding hydrogens is 380 g/mol. The van der Waals surface area contributed by atoms with Crippen molar-refractivity contribution in [3.8, 4) is 10.6 Å². The molecule has 0 aromatic carbocycles. The van der Waals surface area contributed by atoms with Gasteiger partial charge in [0.25, 0.3) is 0 Å². The molecule has 0 aliphatic heterocycles. The summed E-state index contributed by atoms with van der Waals surface area (Å²) in [7, 11) is -1.15. The summed E-state index contributed by atoms with van der Waals surface area (Å²) in [4.78, 5) is 6.74. The number of nitrogens with zero attached hydrogens (tertiary/aromatic N) is 1. The Bertz CT molecular complexity index is 1150. The molecule has 1 unspecified atom stereocenters. The summed E-state index contributed by atoms with van der Waals surface area (Å²) >= 11 is 3.08. The lowest BCUT2D eigenvalue weighted by Crippen LogP contribution is -2.06. The van der Waals surface area contributed by atoms with Crippen molar-refractivity contribution < 1.29 is 4.21 Å². The smallest absolute Gasteiger partial charge is 0.127 e. The number of fused-ring (bicyclic) bond motifs is 1. The van der Waals surface area contributed by atoms with Gasteiger partial charge in [0.15, 0.2) is 0 Å². The second-order valence-electron chi connectivity index (χ2n) is 6.08. The predicted molar refractivity (Wildman–Crippen MR) is 113 cm³/mol. The van der Waals surface area contributed by atoms with E-state index in [0.29, 0.717) is 9.90 Å². The second-order valence-corrected chi connectivity index (χ2v) is 10.2. The second kappa shape index (κ2) is 6.84. The minimum absolute atomic E-state index is 0.00485. The summed E-state index contributed by atoms with van der Waals surface area (Å²) in [5, 5.41) is 2.91. The Kier molecular flexibility index (Phi) is 4.53. The number of allylic oxidation sites excluding steroid dienone is 4. The first kappa shape index (κ1) is 17.2. The van der Waals surface area contributed by atoms with E-state index in [4.69, 9.17) is 10.7 Å². The molecule has 1 atom stereocenters. The Hall–Kier alpha value is -2.20. The van der Waals surface area contributed by atoms with E-state index >= 15 is 0 Å². The molecule has 3 nitrogen and oxygen atoms in total. The van der Waals surface area contributed by atoms with Crippen LogP contribution in [0.5, 0.6) is 0 Å². The number of aromatic nitrogens is 1. The van der Waals surface area contributed by atoms with Crippen molar-refractivity contribution in [1.82, 2.24) is 4.98 Å². The average molecular weight is 397 g/mol. The number of anilines is 1. The Morgan fingerprint density at radius 1 is 1.31 bits per heavy atom. The summed E-state index contributed by atoms with van der Waals surface area (Å²) < 4.78 is 13.4. The minimum atomic E-state index is -1.15. The van der Waals surface area contributed by atoms with Crippen LogP contribution in [0.25, 0.3) is 26.4 Å². The van der Waals surface area contributed by atoms with E-state index in [0.717, 1.165) is 31.9 Å². The highest BCUT2D eigenvalue weighted by atomic mass is 32.2. The van der Waals surface area contributed by atoms with Crippen molar-refractivity contribution in [2.24, 2.45) is 0 Å². The van der Waals surface area contributed by atoms with Gasteiger partial charge in [0.05, 0.1) is 27.1 Å². The van der Waals surface area contributed by atoms with Gasteiger partial charge in [-0.2, -0.15) is 0 Å². The maximum absolute atomic E-state index is 12.7. The van der Waals surface area contributed by atoms with Crippen LogP contribution < -0.4 is 5.73 Å². The van der Waals surface area contributed by atoms with Crippen molar-refractivity contribution in [3.05, 3.63) is 58.8 Å². The molecule has 1 aliphatic carbocycles. The third-order valence-electron chi connectivity index (χ3n) is 4.02. The number of hydrogen-bond acceptors (Lipinski definition) is 5. The van der Waals surface area contributed by atoms with Crippen molar-refractivity contribution >= 4 is 55.0 Å².